The summed E-state index contributed by atoms with van der Waals surface area (Å²) in [4.78, 5) is 0. The fourth-order valence-corrected chi connectivity index (χ4v) is 1.69. The number of benzene rings is 1. The lowest BCUT2D eigenvalue weighted by atomic mass is 9.99. The zero-order valence-electron chi connectivity index (χ0n) is 10.3. The van der Waals surface area contributed by atoms with E-state index in [4.69, 9.17) is 14.6 Å². The molecule has 0 amide bonds. The lowest BCUT2D eigenvalue weighted by Gasteiger charge is -2.21. The summed E-state index contributed by atoms with van der Waals surface area (Å²) in [5.41, 5.74) is 0.958. The minimum absolute atomic E-state index is 0.0855. The predicted octanol–water partition coefficient (Wildman–Crippen LogP) is 2.40. The average Bonchev–Trinajstić information content (AvgIpc) is 2.32. The van der Waals surface area contributed by atoms with Crippen molar-refractivity contribution in [1.29, 1.82) is 0 Å². The molecule has 1 aromatic carbocycles. The number of aliphatic hydroxyl groups is 1. The quantitative estimate of drug-likeness (QED) is 0.886. The summed E-state index contributed by atoms with van der Waals surface area (Å²) < 4.78 is 37.2. The van der Waals surface area contributed by atoms with E-state index in [0.717, 1.165) is 5.56 Å². The maximum absolute atomic E-state index is 13.6. The Morgan fingerprint density at radius 2 is 1.76 bits per heavy atom. The van der Waals surface area contributed by atoms with E-state index < -0.39 is 12.5 Å². The monoisotopic (exact) mass is 246 g/mol. The Hall–Kier alpha value is -1.36. The summed E-state index contributed by atoms with van der Waals surface area (Å²) in [6.45, 7) is 2.17. The van der Waals surface area contributed by atoms with Crippen LogP contribution in [0.2, 0.25) is 0 Å². The SMILES string of the molecule is COc1cc(C(F)(F)CO)c(OC)c(C)c1C. The van der Waals surface area contributed by atoms with Gasteiger partial charge in [-0.2, -0.15) is 8.78 Å². The Bertz CT molecular complexity index is 417. The van der Waals surface area contributed by atoms with Crippen LogP contribution in [-0.2, 0) is 5.92 Å². The van der Waals surface area contributed by atoms with Gasteiger partial charge in [-0.1, -0.05) is 0 Å². The Morgan fingerprint density at radius 1 is 1.18 bits per heavy atom. The molecule has 0 aliphatic carbocycles. The second-order valence-electron chi connectivity index (χ2n) is 3.77. The first-order valence-electron chi connectivity index (χ1n) is 5.10. The van der Waals surface area contributed by atoms with Crippen molar-refractivity contribution in [3.8, 4) is 11.5 Å². The maximum Gasteiger partial charge on any atom is 0.299 e. The topological polar surface area (TPSA) is 38.7 Å². The number of ether oxygens (including phenoxy) is 2. The largest absolute Gasteiger partial charge is 0.496 e. The van der Waals surface area contributed by atoms with Crippen molar-refractivity contribution in [3.05, 3.63) is 22.8 Å². The number of methoxy groups -OCH3 is 2. The molecule has 96 valence electrons. The lowest BCUT2D eigenvalue weighted by molar-refractivity contribution is -0.0573. The number of aliphatic hydroxyl groups excluding tert-OH is 1. The van der Waals surface area contributed by atoms with Gasteiger partial charge >= 0.3 is 0 Å². The summed E-state index contributed by atoms with van der Waals surface area (Å²) in [6, 6.07) is 1.21. The molecule has 17 heavy (non-hydrogen) atoms. The molecule has 3 nitrogen and oxygen atoms in total. The Labute approximate surface area is 99.0 Å². The molecule has 1 rings (SSSR count). The van der Waals surface area contributed by atoms with Crippen molar-refractivity contribution in [2.75, 3.05) is 20.8 Å². The number of hydrogen-bond acceptors (Lipinski definition) is 3. The summed E-state index contributed by atoms with van der Waals surface area (Å²) in [7, 11) is 2.74. The van der Waals surface area contributed by atoms with E-state index in [1.165, 1.54) is 20.3 Å². The van der Waals surface area contributed by atoms with Crippen LogP contribution in [0.15, 0.2) is 6.07 Å². The van der Waals surface area contributed by atoms with Gasteiger partial charge in [-0.05, 0) is 31.0 Å². The van der Waals surface area contributed by atoms with Crippen LogP contribution in [0, 0.1) is 13.8 Å². The standard InChI is InChI=1S/C12H16F2O3/c1-7-8(2)11(17-4)9(5-10(7)16-3)12(13,14)6-15/h5,15H,6H2,1-4H3. The van der Waals surface area contributed by atoms with E-state index >= 15 is 0 Å². The van der Waals surface area contributed by atoms with Crippen molar-refractivity contribution in [1.82, 2.24) is 0 Å². The molecular weight excluding hydrogens is 230 g/mol. The molecule has 1 N–H and O–H groups in total. The zero-order valence-corrected chi connectivity index (χ0v) is 10.3. The van der Waals surface area contributed by atoms with E-state index in [9.17, 15) is 8.78 Å². The number of rotatable bonds is 4. The Morgan fingerprint density at radius 3 is 2.18 bits per heavy atom. The van der Waals surface area contributed by atoms with Gasteiger partial charge in [0.25, 0.3) is 5.92 Å². The van der Waals surface area contributed by atoms with Crippen LogP contribution in [0.25, 0.3) is 0 Å². The molecule has 0 heterocycles. The molecule has 0 atom stereocenters. The maximum atomic E-state index is 13.6. The number of hydrogen-bond donors (Lipinski definition) is 1. The Kier molecular flexibility index (Phi) is 3.93. The van der Waals surface area contributed by atoms with Crippen molar-refractivity contribution < 1.29 is 23.4 Å². The van der Waals surface area contributed by atoms with E-state index in [1.54, 1.807) is 13.8 Å². The summed E-state index contributed by atoms with van der Waals surface area (Å²) in [6.07, 6.45) is 0. The molecule has 0 aliphatic rings. The smallest absolute Gasteiger partial charge is 0.299 e. The normalized spacial score (nSPS) is 11.5. The molecule has 0 spiro atoms. The zero-order chi connectivity index (χ0) is 13.2. The summed E-state index contributed by atoms with van der Waals surface area (Å²) in [5.74, 6) is -2.91. The number of alkyl halides is 2. The predicted molar refractivity (Wildman–Crippen MR) is 60.0 cm³/mol. The molecule has 0 unspecified atom stereocenters. The fraction of sp³-hybridized carbons (Fsp3) is 0.500. The van der Waals surface area contributed by atoms with E-state index in [1.807, 2.05) is 0 Å². The molecule has 0 radical (unpaired) electrons. The third kappa shape index (κ3) is 2.34. The number of halogens is 2. The lowest BCUT2D eigenvalue weighted by Crippen LogP contribution is -2.20. The molecular formula is C12H16F2O3. The molecule has 0 saturated heterocycles. The second kappa shape index (κ2) is 4.87. The first kappa shape index (κ1) is 13.7. The molecule has 0 bridgehead atoms. The van der Waals surface area contributed by atoms with Gasteiger partial charge in [-0.25, -0.2) is 0 Å². The van der Waals surface area contributed by atoms with Crippen LogP contribution in [0.5, 0.6) is 11.5 Å². The highest BCUT2D eigenvalue weighted by atomic mass is 19.3. The van der Waals surface area contributed by atoms with Gasteiger partial charge in [0.15, 0.2) is 0 Å². The average molecular weight is 246 g/mol. The van der Waals surface area contributed by atoms with Gasteiger partial charge in [-0.3, -0.25) is 0 Å². The van der Waals surface area contributed by atoms with Crippen molar-refractivity contribution in [3.63, 3.8) is 0 Å². The van der Waals surface area contributed by atoms with Crippen LogP contribution in [0.1, 0.15) is 16.7 Å². The van der Waals surface area contributed by atoms with Gasteiger partial charge in [0, 0.05) is 0 Å². The molecule has 0 aromatic heterocycles. The van der Waals surface area contributed by atoms with Crippen molar-refractivity contribution in [2.45, 2.75) is 19.8 Å². The highest BCUT2D eigenvalue weighted by Gasteiger charge is 2.36. The first-order chi connectivity index (χ1) is 7.88. The first-order valence-corrected chi connectivity index (χ1v) is 5.10. The minimum atomic E-state index is -3.35. The van der Waals surface area contributed by atoms with Gasteiger partial charge < -0.3 is 14.6 Å². The molecule has 0 saturated carbocycles. The Balaban J connectivity index is 3.53. The van der Waals surface area contributed by atoms with Crippen LogP contribution >= 0.6 is 0 Å². The van der Waals surface area contributed by atoms with Crippen LogP contribution in [-0.4, -0.2) is 25.9 Å². The second-order valence-corrected chi connectivity index (χ2v) is 3.77. The van der Waals surface area contributed by atoms with E-state index in [-0.39, 0.29) is 11.3 Å². The van der Waals surface area contributed by atoms with Crippen LogP contribution in [0.4, 0.5) is 8.78 Å². The third-order valence-corrected chi connectivity index (χ3v) is 2.81. The molecule has 0 fully saturated rings. The highest BCUT2D eigenvalue weighted by molar-refractivity contribution is 5.54. The van der Waals surface area contributed by atoms with Gasteiger partial charge in [-0.15, -0.1) is 0 Å². The van der Waals surface area contributed by atoms with Gasteiger partial charge in [0.2, 0.25) is 0 Å². The third-order valence-electron chi connectivity index (χ3n) is 2.81. The van der Waals surface area contributed by atoms with Crippen molar-refractivity contribution >= 4 is 0 Å². The molecule has 0 aliphatic heterocycles. The van der Waals surface area contributed by atoms with E-state index in [0.29, 0.717) is 11.3 Å². The van der Waals surface area contributed by atoms with Crippen molar-refractivity contribution in [2.24, 2.45) is 0 Å². The van der Waals surface area contributed by atoms with Crippen LogP contribution < -0.4 is 9.47 Å². The summed E-state index contributed by atoms with van der Waals surface area (Å²) in [5, 5.41) is 8.74. The van der Waals surface area contributed by atoms with Gasteiger partial charge in [0.1, 0.15) is 18.1 Å². The summed E-state index contributed by atoms with van der Waals surface area (Å²) >= 11 is 0. The van der Waals surface area contributed by atoms with Crippen LogP contribution in [0.3, 0.4) is 0 Å². The minimum Gasteiger partial charge on any atom is -0.496 e. The fourth-order valence-electron chi connectivity index (χ4n) is 1.69. The molecule has 1 aromatic rings. The molecule has 5 heteroatoms. The highest BCUT2D eigenvalue weighted by Crippen LogP contribution is 2.41. The van der Waals surface area contributed by atoms with E-state index in [2.05, 4.69) is 0 Å². The van der Waals surface area contributed by atoms with Gasteiger partial charge in [0.05, 0.1) is 19.8 Å².